The average Bonchev–Trinajstić information content (AvgIpc) is 2.59. The van der Waals surface area contributed by atoms with Crippen molar-refractivity contribution in [3.63, 3.8) is 0 Å². The van der Waals surface area contributed by atoms with Gasteiger partial charge in [0, 0.05) is 32.5 Å². The van der Waals surface area contributed by atoms with Crippen LogP contribution in [-0.2, 0) is 6.54 Å². The molecule has 0 atom stereocenters. The van der Waals surface area contributed by atoms with Crippen LogP contribution in [0.4, 0.5) is 5.95 Å². The molecule has 0 unspecified atom stereocenters. The monoisotopic (exact) mass is 312 g/mol. The zero-order chi connectivity index (χ0) is 16.7. The minimum atomic E-state index is -0.0381. The SMILES string of the molecule is CCCCN(C)C(=O)c1cnc(NCc2ccccc2C)nc1. The van der Waals surface area contributed by atoms with Gasteiger partial charge in [0.25, 0.3) is 5.91 Å². The molecule has 0 aliphatic carbocycles. The Labute approximate surface area is 137 Å². The van der Waals surface area contributed by atoms with Gasteiger partial charge in [-0.3, -0.25) is 4.79 Å². The molecule has 0 spiro atoms. The summed E-state index contributed by atoms with van der Waals surface area (Å²) in [6.45, 7) is 5.60. The van der Waals surface area contributed by atoms with Crippen LogP contribution in [0.25, 0.3) is 0 Å². The molecule has 0 saturated carbocycles. The molecular weight excluding hydrogens is 288 g/mol. The van der Waals surface area contributed by atoms with E-state index in [0.717, 1.165) is 19.4 Å². The van der Waals surface area contributed by atoms with Gasteiger partial charge in [0.2, 0.25) is 5.95 Å². The number of hydrogen-bond acceptors (Lipinski definition) is 4. The fourth-order valence-electron chi connectivity index (χ4n) is 2.23. The lowest BCUT2D eigenvalue weighted by Gasteiger charge is -2.16. The summed E-state index contributed by atoms with van der Waals surface area (Å²) in [5.74, 6) is 0.491. The lowest BCUT2D eigenvalue weighted by Crippen LogP contribution is -2.28. The molecule has 23 heavy (non-hydrogen) atoms. The minimum Gasteiger partial charge on any atom is -0.350 e. The fraction of sp³-hybridized carbons (Fsp3) is 0.389. The minimum absolute atomic E-state index is 0.0381. The Bertz CT molecular complexity index is 640. The Balaban J connectivity index is 1.94. The number of nitrogens with zero attached hydrogens (tertiary/aromatic N) is 3. The summed E-state index contributed by atoms with van der Waals surface area (Å²) in [5, 5.41) is 3.18. The standard InChI is InChI=1S/C18H24N4O/c1-4-5-10-22(3)17(23)16-12-20-18(21-13-16)19-11-15-9-7-6-8-14(15)2/h6-9,12-13H,4-5,10-11H2,1-3H3,(H,19,20,21). The maximum Gasteiger partial charge on any atom is 0.256 e. The maximum absolute atomic E-state index is 12.2. The van der Waals surface area contributed by atoms with Crippen LogP contribution < -0.4 is 5.32 Å². The first-order valence-corrected chi connectivity index (χ1v) is 7.97. The lowest BCUT2D eigenvalue weighted by atomic mass is 10.1. The van der Waals surface area contributed by atoms with Crippen LogP contribution >= 0.6 is 0 Å². The van der Waals surface area contributed by atoms with E-state index >= 15 is 0 Å². The number of nitrogens with one attached hydrogen (secondary N) is 1. The van der Waals surface area contributed by atoms with E-state index in [2.05, 4.69) is 41.3 Å². The van der Waals surface area contributed by atoms with E-state index in [1.165, 1.54) is 11.1 Å². The van der Waals surface area contributed by atoms with E-state index in [4.69, 9.17) is 0 Å². The molecular formula is C18H24N4O. The van der Waals surface area contributed by atoms with Crippen LogP contribution in [-0.4, -0.2) is 34.4 Å². The van der Waals surface area contributed by atoms with Gasteiger partial charge in [-0.2, -0.15) is 0 Å². The van der Waals surface area contributed by atoms with Crippen molar-refractivity contribution < 1.29 is 4.79 Å². The van der Waals surface area contributed by atoms with Crippen LogP contribution in [0.2, 0.25) is 0 Å². The summed E-state index contributed by atoms with van der Waals surface area (Å²) in [6.07, 6.45) is 5.23. The second-order valence-electron chi connectivity index (χ2n) is 5.66. The van der Waals surface area contributed by atoms with Crippen LogP contribution in [0.15, 0.2) is 36.7 Å². The van der Waals surface area contributed by atoms with Gasteiger partial charge in [-0.15, -0.1) is 0 Å². The third-order valence-electron chi connectivity index (χ3n) is 3.79. The predicted octanol–water partition coefficient (Wildman–Crippen LogP) is 3.27. The number of carbonyl (C=O) groups is 1. The van der Waals surface area contributed by atoms with Crippen molar-refractivity contribution in [2.45, 2.75) is 33.2 Å². The molecule has 1 aromatic heterocycles. The summed E-state index contributed by atoms with van der Waals surface area (Å²) in [6, 6.07) is 8.18. The average molecular weight is 312 g/mol. The second kappa shape index (κ2) is 8.27. The number of amides is 1. The Morgan fingerprint density at radius 1 is 1.22 bits per heavy atom. The van der Waals surface area contributed by atoms with Gasteiger partial charge in [0.05, 0.1) is 5.56 Å². The molecule has 1 heterocycles. The molecule has 0 bridgehead atoms. The topological polar surface area (TPSA) is 58.1 Å². The van der Waals surface area contributed by atoms with Crippen LogP contribution in [0, 0.1) is 6.92 Å². The zero-order valence-corrected chi connectivity index (χ0v) is 14.0. The van der Waals surface area contributed by atoms with Gasteiger partial charge in [0.15, 0.2) is 0 Å². The highest BCUT2D eigenvalue weighted by Gasteiger charge is 2.12. The molecule has 1 aromatic carbocycles. The number of hydrogen-bond donors (Lipinski definition) is 1. The largest absolute Gasteiger partial charge is 0.350 e. The molecule has 122 valence electrons. The number of aromatic nitrogens is 2. The molecule has 0 saturated heterocycles. The Morgan fingerprint density at radius 2 is 1.91 bits per heavy atom. The Hall–Kier alpha value is -2.43. The smallest absolute Gasteiger partial charge is 0.256 e. The third kappa shape index (κ3) is 4.77. The molecule has 0 radical (unpaired) electrons. The first kappa shape index (κ1) is 16.9. The Kier molecular flexibility index (Phi) is 6.09. The van der Waals surface area contributed by atoms with Crippen LogP contribution in [0.1, 0.15) is 41.3 Å². The molecule has 0 aliphatic heterocycles. The van der Waals surface area contributed by atoms with E-state index in [9.17, 15) is 4.79 Å². The molecule has 1 N–H and O–H groups in total. The van der Waals surface area contributed by atoms with E-state index in [1.54, 1.807) is 17.3 Å². The number of unbranched alkanes of at least 4 members (excludes halogenated alkanes) is 1. The molecule has 5 heteroatoms. The normalized spacial score (nSPS) is 10.4. The maximum atomic E-state index is 12.2. The van der Waals surface area contributed by atoms with Gasteiger partial charge >= 0.3 is 0 Å². The highest BCUT2D eigenvalue weighted by molar-refractivity contribution is 5.93. The zero-order valence-electron chi connectivity index (χ0n) is 14.0. The summed E-state index contributed by atoms with van der Waals surface area (Å²) < 4.78 is 0. The first-order valence-electron chi connectivity index (χ1n) is 7.97. The van der Waals surface area contributed by atoms with Crippen molar-refractivity contribution >= 4 is 11.9 Å². The van der Waals surface area contributed by atoms with Gasteiger partial charge in [-0.05, 0) is 24.5 Å². The van der Waals surface area contributed by atoms with Crippen molar-refractivity contribution in [3.05, 3.63) is 53.3 Å². The highest BCUT2D eigenvalue weighted by atomic mass is 16.2. The Morgan fingerprint density at radius 3 is 2.57 bits per heavy atom. The first-order chi connectivity index (χ1) is 11.1. The van der Waals surface area contributed by atoms with E-state index in [-0.39, 0.29) is 5.91 Å². The van der Waals surface area contributed by atoms with Crippen molar-refractivity contribution in [2.24, 2.45) is 0 Å². The molecule has 0 fully saturated rings. The molecule has 1 amide bonds. The van der Waals surface area contributed by atoms with Gasteiger partial charge < -0.3 is 10.2 Å². The molecule has 2 aromatic rings. The van der Waals surface area contributed by atoms with Crippen molar-refractivity contribution in [2.75, 3.05) is 18.9 Å². The summed E-state index contributed by atoms with van der Waals surface area (Å²) in [4.78, 5) is 22.4. The van der Waals surface area contributed by atoms with E-state index < -0.39 is 0 Å². The molecule has 0 aliphatic rings. The van der Waals surface area contributed by atoms with Crippen LogP contribution in [0.3, 0.4) is 0 Å². The number of carbonyl (C=O) groups excluding carboxylic acids is 1. The van der Waals surface area contributed by atoms with E-state index in [1.807, 2.05) is 19.2 Å². The summed E-state index contributed by atoms with van der Waals surface area (Å²) >= 11 is 0. The van der Waals surface area contributed by atoms with Crippen molar-refractivity contribution in [1.82, 2.24) is 14.9 Å². The number of anilines is 1. The van der Waals surface area contributed by atoms with Gasteiger partial charge in [-0.1, -0.05) is 37.6 Å². The fourth-order valence-corrected chi connectivity index (χ4v) is 2.23. The highest BCUT2D eigenvalue weighted by Crippen LogP contribution is 2.10. The molecule has 5 nitrogen and oxygen atoms in total. The number of aryl methyl sites for hydroxylation is 1. The van der Waals surface area contributed by atoms with Crippen molar-refractivity contribution in [3.8, 4) is 0 Å². The van der Waals surface area contributed by atoms with Crippen molar-refractivity contribution in [1.29, 1.82) is 0 Å². The molecule has 2 rings (SSSR count). The predicted molar refractivity (Wildman–Crippen MR) is 92.4 cm³/mol. The summed E-state index contributed by atoms with van der Waals surface area (Å²) in [5.41, 5.74) is 2.95. The summed E-state index contributed by atoms with van der Waals surface area (Å²) in [7, 11) is 1.81. The van der Waals surface area contributed by atoms with Gasteiger partial charge in [0.1, 0.15) is 0 Å². The number of rotatable bonds is 7. The lowest BCUT2D eigenvalue weighted by molar-refractivity contribution is 0.0792. The third-order valence-corrected chi connectivity index (χ3v) is 3.79. The second-order valence-corrected chi connectivity index (χ2v) is 5.66. The quantitative estimate of drug-likeness (QED) is 0.852. The number of benzene rings is 1. The van der Waals surface area contributed by atoms with Gasteiger partial charge in [-0.25, -0.2) is 9.97 Å². The van der Waals surface area contributed by atoms with E-state index in [0.29, 0.717) is 18.1 Å². The van der Waals surface area contributed by atoms with Crippen LogP contribution in [0.5, 0.6) is 0 Å².